The molecule has 0 heterocycles. The van der Waals surface area contributed by atoms with Crippen molar-refractivity contribution in [2.24, 2.45) is 0 Å². The van der Waals surface area contributed by atoms with Crippen molar-refractivity contribution in [1.29, 1.82) is 0 Å². The van der Waals surface area contributed by atoms with Gasteiger partial charge in [0.25, 0.3) is 0 Å². The zero-order valence-corrected chi connectivity index (χ0v) is 9.38. The van der Waals surface area contributed by atoms with E-state index in [1.54, 1.807) is 0 Å². The Hall–Kier alpha value is -1.29. The highest BCUT2D eigenvalue weighted by Crippen LogP contribution is 2.30. The van der Waals surface area contributed by atoms with Crippen molar-refractivity contribution in [2.45, 2.75) is 37.7 Å². The first-order valence-corrected chi connectivity index (χ1v) is 5.67. The molecule has 1 aliphatic rings. The summed E-state index contributed by atoms with van der Waals surface area (Å²) in [7, 11) is 0. The largest absolute Gasteiger partial charge is 0.390 e. The van der Waals surface area contributed by atoms with Gasteiger partial charge in [0.2, 0.25) is 0 Å². The zero-order valence-electron chi connectivity index (χ0n) is 9.38. The quantitative estimate of drug-likeness (QED) is 0.861. The average molecular weight is 240 g/mol. The minimum atomic E-state index is -1.04. The summed E-state index contributed by atoms with van der Waals surface area (Å²) in [5.41, 5.74) is -0.740. The second kappa shape index (κ2) is 4.53. The van der Waals surface area contributed by atoms with Crippen molar-refractivity contribution < 1.29 is 18.7 Å². The lowest BCUT2D eigenvalue weighted by atomic mass is 9.80. The molecule has 2 rings (SSSR count). The molecule has 0 bridgehead atoms. The SMILES string of the molecule is O=C1CCC(O)(Cc2ccc(F)cc2F)CC1. The molecule has 92 valence electrons. The van der Waals surface area contributed by atoms with Gasteiger partial charge >= 0.3 is 0 Å². The van der Waals surface area contributed by atoms with Gasteiger partial charge in [-0.3, -0.25) is 4.79 Å². The Morgan fingerprint density at radius 3 is 2.47 bits per heavy atom. The lowest BCUT2D eigenvalue weighted by molar-refractivity contribution is -0.125. The van der Waals surface area contributed by atoms with Crippen LogP contribution in [0.25, 0.3) is 0 Å². The number of hydrogen-bond donors (Lipinski definition) is 1. The topological polar surface area (TPSA) is 37.3 Å². The molecule has 0 amide bonds. The number of rotatable bonds is 2. The first-order valence-electron chi connectivity index (χ1n) is 5.67. The molecular formula is C13H14F2O2. The van der Waals surface area contributed by atoms with Crippen molar-refractivity contribution in [3.63, 3.8) is 0 Å². The highest BCUT2D eigenvalue weighted by Gasteiger charge is 2.33. The molecule has 2 nitrogen and oxygen atoms in total. The smallest absolute Gasteiger partial charge is 0.133 e. The zero-order chi connectivity index (χ0) is 12.5. The number of carbonyl (C=O) groups is 1. The summed E-state index contributed by atoms with van der Waals surface area (Å²) in [6.07, 6.45) is 1.50. The fraction of sp³-hybridized carbons (Fsp3) is 0.462. The van der Waals surface area contributed by atoms with Crippen molar-refractivity contribution in [3.05, 3.63) is 35.4 Å². The predicted molar refractivity (Wildman–Crippen MR) is 58.5 cm³/mol. The number of halogens is 2. The van der Waals surface area contributed by atoms with E-state index in [4.69, 9.17) is 0 Å². The van der Waals surface area contributed by atoms with Gasteiger partial charge in [-0.25, -0.2) is 8.78 Å². The summed E-state index contributed by atoms with van der Waals surface area (Å²) in [6.45, 7) is 0. The average Bonchev–Trinajstić information content (AvgIpc) is 2.27. The molecule has 4 heteroatoms. The molecule has 0 radical (unpaired) electrons. The highest BCUT2D eigenvalue weighted by atomic mass is 19.1. The van der Waals surface area contributed by atoms with E-state index in [0.29, 0.717) is 31.2 Å². The molecule has 0 unspecified atom stereocenters. The third kappa shape index (κ3) is 2.88. The van der Waals surface area contributed by atoms with Gasteiger partial charge in [0, 0.05) is 25.3 Å². The second-order valence-corrected chi connectivity index (χ2v) is 4.68. The lowest BCUT2D eigenvalue weighted by Gasteiger charge is -2.31. The molecule has 1 fully saturated rings. The molecule has 1 aromatic carbocycles. The van der Waals surface area contributed by atoms with Gasteiger partial charge in [0.15, 0.2) is 0 Å². The Bertz CT molecular complexity index is 433. The summed E-state index contributed by atoms with van der Waals surface area (Å²) in [4.78, 5) is 11.1. The third-order valence-electron chi connectivity index (χ3n) is 3.27. The monoisotopic (exact) mass is 240 g/mol. The second-order valence-electron chi connectivity index (χ2n) is 4.68. The summed E-state index contributed by atoms with van der Waals surface area (Å²) < 4.78 is 26.2. The van der Waals surface area contributed by atoms with E-state index in [9.17, 15) is 18.7 Å². The van der Waals surface area contributed by atoms with Crippen molar-refractivity contribution >= 4 is 5.78 Å². The van der Waals surface area contributed by atoms with Crippen LogP contribution < -0.4 is 0 Å². The van der Waals surface area contributed by atoms with Crippen LogP contribution >= 0.6 is 0 Å². The normalized spacial score (nSPS) is 19.4. The molecule has 1 aliphatic carbocycles. The molecule has 0 spiro atoms. The van der Waals surface area contributed by atoms with Crippen LogP contribution in [0.1, 0.15) is 31.2 Å². The van der Waals surface area contributed by atoms with Crippen LogP contribution in [0.2, 0.25) is 0 Å². The Labute approximate surface area is 98.3 Å². The number of Topliss-reactive ketones (excluding diaryl/α,β-unsaturated/α-hetero) is 1. The molecular weight excluding hydrogens is 226 g/mol. The number of hydrogen-bond acceptors (Lipinski definition) is 2. The molecule has 0 aromatic heterocycles. The van der Waals surface area contributed by atoms with Crippen LogP contribution in [-0.2, 0) is 11.2 Å². The number of carbonyl (C=O) groups excluding carboxylic acids is 1. The fourth-order valence-electron chi connectivity index (χ4n) is 2.19. The van der Waals surface area contributed by atoms with Crippen LogP contribution in [-0.4, -0.2) is 16.5 Å². The van der Waals surface area contributed by atoms with E-state index in [-0.39, 0.29) is 12.2 Å². The summed E-state index contributed by atoms with van der Waals surface area (Å²) in [5.74, 6) is -1.14. The molecule has 1 N–H and O–H groups in total. The molecule has 0 saturated heterocycles. The van der Waals surface area contributed by atoms with E-state index in [1.807, 2.05) is 0 Å². The first-order chi connectivity index (χ1) is 7.98. The molecule has 0 atom stereocenters. The van der Waals surface area contributed by atoms with Crippen LogP contribution in [0.4, 0.5) is 8.78 Å². The first kappa shape index (κ1) is 12.2. The van der Waals surface area contributed by atoms with Crippen LogP contribution in [0.5, 0.6) is 0 Å². The van der Waals surface area contributed by atoms with Crippen LogP contribution in [0.15, 0.2) is 18.2 Å². The Morgan fingerprint density at radius 2 is 1.88 bits per heavy atom. The van der Waals surface area contributed by atoms with Gasteiger partial charge in [0.1, 0.15) is 17.4 Å². The Kier molecular flexibility index (Phi) is 3.24. The minimum Gasteiger partial charge on any atom is -0.390 e. The lowest BCUT2D eigenvalue weighted by Crippen LogP contribution is -2.36. The Morgan fingerprint density at radius 1 is 1.24 bits per heavy atom. The van der Waals surface area contributed by atoms with Crippen molar-refractivity contribution in [1.82, 2.24) is 0 Å². The van der Waals surface area contributed by atoms with E-state index in [1.165, 1.54) is 12.1 Å². The van der Waals surface area contributed by atoms with Crippen LogP contribution in [0, 0.1) is 11.6 Å². The van der Waals surface area contributed by atoms with Gasteiger partial charge in [-0.15, -0.1) is 0 Å². The van der Waals surface area contributed by atoms with Gasteiger partial charge < -0.3 is 5.11 Å². The van der Waals surface area contributed by atoms with Gasteiger partial charge in [0.05, 0.1) is 5.60 Å². The summed E-state index contributed by atoms with van der Waals surface area (Å²) >= 11 is 0. The number of aliphatic hydroxyl groups is 1. The summed E-state index contributed by atoms with van der Waals surface area (Å²) in [6, 6.07) is 3.33. The van der Waals surface area contributed by atoms with Gasteiger partial charge in [-0.1, -0.05) is 6.07 Å². The molecule has 1 aromatic rings. The fourth-order valence-corrected chi connectivity index (χ4v) is 2.19. The maximum atomic E-state index is 13.4. The predicted octanol–water partition coefficient (Wildman–Crippen LogP) is 2.38. The Balaban J connectivity index is 2.12. The van der Waals surface area contributed by atoms with Crippen molar-refractivity contribution in [2.75, 3.05) is 0 Å². The third-order valence-corrected chi connectivity index (χ3v) is 3.27. The molecule has 17 heavy (non-hydrogen) atoms. The van der Waals surface area contributed by atoms with Crippen LogP contribution in [0.3, 0.4) is 0 Å². The molecule has 1 saturated carbocycles. The highest BCUT2D eigenvalue weighted by molar-refractivity contribution is 5.79. The van der Waals surface area contributed by atoms with Gasteiger partial charge in [-0.2, -0.15) is 0 Å². The minimum absolute atomic E-state index is 0.131. The van der Waals surface area contributed by atoms with E-state index >= 15 is 0 Å². The van der Waals surface area contributed by atoms with E-state index in [2.05, 4.69) is 0 Å². The summed E-state index contributed by atoms with van der Waals surface area (Å²) in [5, 5.41) is 10.2. The van der Waals surface area contributed by atoms with E-state index < -0.39 is 17.2 Å². The molecule has 0 aliphatic heterocycles. The maximum Gasteiger partial charge on any atom is 0.133 e. The number of ketones is 1. The van der Waals surface area contributed by atoms with Crippen molar-refractivity contribution in [3.8, 4) is 0 Å². The van der Waals surface area contributed by atoms with Gasteiger partial charge in [-0.05, 0) is 24.5 Å². The maximum absolute atomic E-state index is 13.4. The number of benzene rings is 1. The van der Waals surface area contributed by atoms with E-state index in [0.717, 1.165) is 6.07 Å². The standard InChI is InChI=1S/C13H14F2O2/c14-10-2-1-9(12(15)7-10)8-13(17)5-3-11(16)4-6-13/h1-2,7,17H,3-6,8H2.